The number of Topliss-reactive ketones (excluding diaryl/α,β-unsaturated/α-hetero) is 1. The first-order chi connectivity index (χ1) is 22.1. The molecule has 47 heavy (non-hydrogen) atoms. The molecule has 15 heteroatoms. The highest BCUT2D eigenvalue weighted by Crippen LogP contribution is 2.52. The Bertz CT molecular complexity index is 1730. The molecule has 4 unspecified atom stereocenters. The summed E-state index contributed by atoms with van der Waals surface area (Å²) in [6, 6.07) is 3.22. The molecule has 0 radical (unpaired) electrons. The van der Waals surface area contributed by atoms with Crippen molar-refractivity contribution in [3.63, 3.8) is 0 Å². The van der Waals surface area contributed by atoms with E-state index >= 15 is 0 Å². The number of carboxylic acids is 1. The van der Waals surface area contributed by atoms with E-state index in [9.17, 15) is 49.5 Å². The molecule has 1 amide bonds. The van der Waals surface area contributed by atoms with Crippen LogP contribution in [0.5, 0.6) is 17.2 Å². The average Bonchev–Trinajstić information content (AvgIpc) is 3.02. The molecular weight excluding hydrogens is 622 g/mol. The summed E-state index contributed by atoms with van der Waals surface area (Å²) in [6.07, 6.45) is -5.86. The quantitative estimate of drug-likeness (QED) is 0.127. The number of carbonyl (C=O) groups excluding carboxylic acids is 4. The van der Waals surface area contributed by atoms with Gasteiger partial charge in [-0.2, -0.15) is 0 Å². The van der Waals surface area contributed by atoms with Crippen molar-refractivity contribution in [2.75, 3.05) is 13.7 Å². The molecule has 1 saturated heterocycles. The second-order valence-corrected chi connectivity index (χ2v) is 11.7. The van der Waals surface area contributed by atoms with Gasteiger partial charge in [0.2, 0.25) is 11.7 Å². The van der Waals surface area contributed by atoms with Crippen molar-refractivity contribution in [1.29, 1.82) is 0 Å². The number of ketones is 3. The number of carboxylic acid groups (broad SMARTS) is 1. The molecule has 0 saturated carbocycles. The van der Waals surface area contributed by atoms with Crippen molar-refractivity contribution in [1.82, 2.24) is 5.32 Å². The molecule has 1 aliphatic heterocycles. The van der Waals surface area contributed by atoms with Crippen molar-refractivity contribution >= 4 is 29.2 Å². The lowest BCUT2D eigenvalue weighted by Gasteiger charge is -2.43. The molecule has 15 nitrogen and oxygen atoms in total. The van der Waals surface area contributed by atoms with Gasteiger partial charge in [-0.25, -0.2) is 4.79 Å². The monoisotopic (exact) mass is 655 g/mol. The molecule has 5 rings (SSSR count). The number of nitrogens with one attached hydrogen (secondary N) is 1. The maximum Gasteiger partial charge on any atom is 0.328 e. The fourth-order valence-electron chi connectivity index (χ4n) is 6.39. The van der Waals surface area contributed by atoms with Gasteiger partial charge in [0.15, 0.2) is 17.9 Å². The number of phenolic OH excluding ortho intramolecular Hbond substituents is 2. The number of hydrogen-bond donors (Lipinski definition) is 7. The number of benzene rings is 2. The minimum absolute atomic E-state index is 0.0449. The fraction of sp³-hybridized carbons (Fsp3) is 0.406. The molecule has 0 aromatic heterocycles. The first-order valence-electron chi connectivity index (χ1n) is 14.6. The molecule has 0 bridgehead atoms. The Hall–Kier alpha value is -4.67. The molecule has 1 fully saturated rings. The van der Waals surface area contributed by atoms with Gasteiger partial charge < -0.3 is 50.2 Å². The summed E-state index contributed by atoms with van der Waals surface area (Å²) in [4.78, 5) is 63.8. The molecular formula is C32H33NO14. The second kappa shape index (κ2) is 12.5. The summed E-state index contributed by atoms with van der Waals surface area (Å²) in [7, 11) is 1.29. The second-order valence-electron chi connectivity index (χ2n) is 11.7. The van der Waals surface area contributed by atoms with Crippen LogP contribution >= 0.6 is 0 Å². The van der Waals surface area contributed by atoms with E-state index in [0.717, 1.165) is 0 Å². The van der Waals surface area contributed by atoms with Crippen molar-refractivity contribution in [2.24, 2.45) is 0 Å². The van der Waals surface area contributed by atoms with Crippen LogP contribution in [-0.4, -0.2) is 104 Å². The van der Waals surface area contributed by atoms with Gasteiger partial charge in [0.05, 0.1) is 42.0 Å². The lowest BCUT2D eigenvalue weighted by Crippen LogP contribution is -2.56. The Kier molecular flexibility index (Phi) is 8.96. The first kappa shape index (κ1) is 33.7. The highest BCUT2D eigenvalue weighted by Gasteiger charge is 2.50. The number of carbonyl (C=O) groups is 5. The molecule has 6 atom stereocenters. The third kappa shape index (κ3) is 5.76. The lowest BCUT2D eigenvalue weighted by molar-refractivity contribution is -0.249. The zero-order valence-corrected chi connectivity index (χ0v) is 25.5. The predicted molar refractivity (Wildman–Crippen MR) is 157 cm³/mol. The van der Waals surface area contributed by atoms with E-state index in [1.54, 1.807) is 0 Å². The summed E-state index contributed by atoms with van der Waals surface area (Å²) < 4.78 is 17.2. The molecule has 0 spiro atoms. The zero-order chi connectivity index (χ0) is 34.5. The van der Waals surface area contributed by atoms with E-state index in [1.165, 1.54) is 39.2 Å². The van der Waals surface area contributed by atoms with Gasteiger partial charge in [0.25, 0.3) is 0 Å². The SMILES string of the molecule is COc1cccc2c1C(=O)c1c(O)c3c(c(O)c1C2=O)C[C@@](O)(C(=O)CO)C[C@@H]3OC1CC(NC(=O)C(C)=CC(=O)O)C(O)C(C)O1. The first-order valence-corrected chi connectivity index (χ1v) is 14.6. The van der Waals surface area contributed by atoms with E-state index in [0.29, 0.717) is 6.08 Å². The fourth-order valence-corrected chi connectivity index (χ4v) is 6.39. The van der Waals surface area contributed by atoms with Crippen LogP contribution in [0.15, 0.2) is 29.8 Å². The van der Waals surface area contributed by atoms with E-state index in [4.69, 9.17) is 19.3 Å². The molecule has 2 aromatic carbocycles. The number of aliphatic carboxylic acids is 1. The van der Waals surface area contributed by atoms with Gasteiger partial charge in [-0.1, -0.05) is 12.1 Å². The van der Waals surface area contributed by atoms with E-state index in [1.807, 2.05) is 0 Å². The number of aromatic hydroxyl groups is 2. The summed E-state index contributed by atoms with van der Waals surface area (Å²) in [6.45, 7) is 1.64. The van der Waals surface area contributed by atoms with Gasteiger partial charge in [-0.15, -0.1) is 0 Å². The molecule has 7 N–H and O–H groups in total. The van der Waals surface area contributed by atoms with Gasteiger partial charge in [-0.3, -0.25) is 19.2 Å². The Balaban J connectivity index is 1.58. The number of ether oxygens (including phenoxy) is 3. The highest BCUT2D eigenvalue weighted by molar-refractivity contribution is 6.31. The standard InChI is InChI=1S/C32H33NO14/c1-12(7-20(36)37)31(43)33-16-8-21(46-13(2)26(16)38)47-18-10-32(44,19(35)11-34)9-15-23(18)30(42)25-24(28(15)40)27(39)14-5-4-6-17(45-3)22(14)29(25)41/h4-7,13,16,18,21,26,34,38,40,42,44H,8-11H2,1-3H3,(H,33,43)(H,36,37)/t13?,16?,18-,21?,26?,32-/m0/s1. The summed E-state index contributed by atoms with van der Waals surface area (Å²) in [5, 5.41) is 66.4. The number of amides is 1. The van der Waals surface area contributed by atoms with Crippen molar-refractivity contribution in [3.05, 3.63) is 63.2 Å². The Labute approximate surface area is 267 Å². The maximum atomic E-state index is 13.8. The van der Waals surface area contributed by atoms with E-state index in [2.05, 4.69) is 5.32 Å². The van der Waals surface area contributed by atoms with Gasteiger partial charge >= 0.3 is 5.97 Å². The molecule has 2 aliphatic carbocycles. The normalized spacial score (nSPS) is 26.9. The smallest absolute Gasteiger partial charge is 0.328 e. The van der Waals surface area contributed by atoms with Gasteiger partial charge in [-0.05, 0) is 19.9 Å². The van der Waals surface area contributed by atoms with Gasteiger partial charge in [0, 0.05) is 47.6 Å². The highest BCUT2D eigenvalue weighted by atomic mass is 16.7. The largest absolute Gasteiger partial charge is 0.507 e. The van der Waals surface area contributed by atoms with E-state index < -0.39 is 108 Å². The Morgan fingerprint density at radius 1 is 1.11 bits per heavy atom. The number of fused-ring (bicyclic) bond motifs is 3. The minimum Gasteiger partial charge on any atom is -0.507 e. The van der Waals surface area contributed by atoms with Crippen molar-refractivity contribution in [3.8, 4) is 17.2 Å². The number of aliphatic hydroxyl groups excluding tert-OH is 2. The van der Waals surface area contributed by atoms with Crippen LogP contribution in [0.3, 0.4) is 0 Å². The van der Waals surface area contributed by atoms with Crippen LogP contribution < -0.4 is 10.1 Å². The van der Waals surface area contributed by atoms with Crippen LogP contribution in [0, 0.1) is 0 Å². The van der Waals surface area contributed by atoms with Crippen LogP contribution in [0.1, 0.15) is 75.8 Å². The number of rotatable bonds is 8. The third-order valence-corrected chi connectivity index (χ3v) is 8.78. The maximum absolute atomic E-state index is 13.8. The molecule has 250 valence electrons. The van der Waals surface area contributed by atoms with Gasteiger partial charge in [0.1, 0.15) is 35.6 Å². The van der Waals surface area contributed by atoms with Crippen LogP contribution in [0.25, 0.3) is 0 Å². The van der Waals surface area contributed by atoms with Crippen molar-refractivity contribution < 1.29 is 68.8 Å². The number of hydrogen-bond acceptors (Lipinski definition) is 13. The van der Waals surface area contributed by atoms with E-state index in [-0.39, 0.29) is 40.0 Å². The Morgan fingerprint density at radius 3 is 2.43 bits per heavy atom. The molecule has 3 aliphatic rings. The van der Waals surface area contributed by atoms with Crippen LogP contribution in [0.4, 0.5) is 0 Å². The average molecular weight is 656 g/mol. The number of phenols is 2. The number of aliphatic hydroxyl groups is 3. The predicted octanol–water partition coefficient (Wildman–Crippen LogP) is 0.190. The van der Waals surface area contributed by atoms with Crippen molar-refractivity contribution in [2.45, 2.75) is 69.4 Å². The Morgan fingerprint density at radius 2 is 1.79 bits per heavy atom. The lowest BCUT2D eigenvalue weighted by atomic mass is 9.72. The van der Waals surface area contributed by atoms with Crippen LogP contribution in [0.2, 0.25) is 0 Å². The minimum atomic E-state index is -2.36. The third-order valence-electron chi connectivity index (χ3n) is 8.78. The summed E-state index contributed by atoms with van der Waals surface area (Å²) >= 11 is 0. The topological polar surface area (TPSA) is 246 Å². The molecule has 1 heterocycles. The summed E-state index contributed by atoms with van der Waals surface area (Å²) in [5.41, 5.74) is -4.37. The number of methoxy groups -OCH3 is 1. The van der Waals surface area contributed by atoms with Crippen LogP contribution in [-0.2, 0) is 30.3 Å². The summed E-state index contributed by atoms with van der Waals surface area (Å²) in [5.74, 6) is -6.35. The molecule has 2 aromatic rings. The zero-order valence-electron chi connectivity index (χ0n) is 25.5.